The third-order valence-electron chi connectivity index (χ3n) is 10.0. The number of nitrogens with zero attached hydrogens (tertiary/aromatic N) is 8. The van der Waals surface area contributed by atoms with Crippen molar-refractivity contribution in [1.82, 2.24) is 39.4 Å². The summed E-state index contributed by atoms with van der Waals surface area (Å²) in [5.74, 6) is 1.58. The molecule has 0 spiro atoms. The molecule has 1 N–H and O–H groups in total. The van der Waals surface area contributed by atoms with Gasteiger partial charge in [0.1, 0.15) is 30.2 Å². The first-order chi connectivity index (χ1) is 23.9. The van der Waals surface area contributed by atoms with Crippen LogP contribution in [0.1, 0.15) is 64.8 Å². The van der Waals surface area contributed by atoms with E-state index in [9.17, 15) is 0 Å². The predicted octanol–water partition coefficient (Wildman–Crippen LogP) is 5.95. The van der Waals surface area contributed by atoms with E-state index in [0.717, 1.165) is 49.3 Å². The summed E-state index contributed by atoms with van der Waals surface area (Å²) in [6, 6.07) is 7.79. The molecule has 2 bridgehead atoms. The minimum Gasteiger partial charge on any atom is -0.487 e. The summed E-state index contributed by atoms with van der Waals surface area (Å²) in [6.45, 7) is 6.81. The lowest BCUT2D eigenvalue weighted by Gasteiger charge is -2.43. The van der Waals surface area contributed by atoms with Gasteiger partial charge in [-0.15, -0.1) is 5.10 Å². The lowest BCUT2D eigenvalue weighted by atomic mass is 9.89. The Morgan fingerprint density at radius 1 is 0.959 bits per heavy atom. The van der Waals surface area contributed by atoms with Crippen LogP contribution < -0.4 is 14.8 Å². The molecule has 3 fully saturated rings. The topological polar surface area (TPSA) is 127 Å². The number of methoxy groups -OCH3 is 1. The van der Waals surface area contributed by atoms with Gasteiger partial charge in [0.15, 0.2) is 0 Å². The Morgan fingerprint density at radius 3 is 2.41 bits per heavy atom. The third kappa shape index (κ3) is 8.01. The lowest BCUT2D eigenvalue weighted by Crippen LogP contribution is -2.52. The predicted molar refractivity (Wildman–Crippen MR) is 185 cm³/mol. The van der Waals surface area contributed by atoms with Crippen LogP contribution >= 0.6 is 11.6 Å². The summed E-state index contributed by atoms with van der Waals surface area (Å²) >= 11 is 6.48. The minimum absolute atomic E-state index is 0.0934. The second-order valence-corrected chi connectivity index (χ2v) is 13.9. The zero-order chi connectivity index (χ0) is 33.7. The molecule has 4 aromatic rings. The number of rotatable bonds is 14. The first-order valence-corrected chi connectivity index (χ1v) is 17.8. The fraction of sp³-hybridized carbons (Fsp3) is 0.571. The summed E-state index contributed by atoms with van der Waals surface area (Å²) in [5.41, 5.74) is 2.47. The van der Waals surface area contributed by atoms with E-state index in [2.05, 4.69) is 34.9 Å². The zero-order valence-corrected chi connectivity index (χ0v) is 29.2. The van der Waals surface area contributed by atoms with Crippen LogP contribution in [0.3, 0.4) is 0 Å². The van der Waals surface area contributed by atoms with Crippen molar-refractivity contribution in [3.05, 3.63) is 54.5 Å². The van der Waals surface area contributed by atoms with Gasteiger partial charge in [-0.05, 0) is 70.1 Å². The molecule has 3 aromatic heterocycles. The monoisotopic (exact) mass is 691 g/mol. The van der Waals surface area contributed by atoms with E-state index in [1.54, 1.807) is 30.5 Å². The van der Waals surface area contributed by atoms with Crippen LogP contribution in [0.2, 0.25) is 5.02 Å². The van der Waals surface area contributed by atoms with E-state index in [4.69, 9.17) is 35.6 Å². The maximum atomic E-state index is 6.48. The number of benzene rings is 1. The van der Waals surface area contributed by atoms with Crippen LogP contribution in [0.15, 0.2) is 49.4 Å². The summed E-state index contributed by atoms with van der Waals surface area (Å²) in [7, 11) is 1.71. The SMILES string of the molecule is COC(C)CCOc1nn(C2CCC(N3[C@@H]4CC[C@H]3COC4)CC2)cc1Nc1ncc(-c2ccc(Cl)c(O[C@@H](C)Cn3cncn3)c2)cn1. The average Bonchev–Trinajstić information content (AvgIpc) is 3.84. The number of nitrogens with one attached hydrogen (secondary N) is 1. The Morgan fingerprint density at radius 2 is 1.69 bits per heavy atom. The van der Waals surface area contributed by atoms with Crippen molar-refractivity contribution < 1.29 is 18.9 Å². The fourth-order valence-corrected chi connectivity index (χ4v) is 7.51. The van der Waals surface area contributed by atoms with Crippen molar-refractivity contribution in [3.63, 3.8) is 0 Å². The van der Waals surface area contributed by atoms with Crippen molar-refractivity contribution in [1.29, 1.82) is 0 Å². The molecular weight excluding hydrogens is 646 g/mol. The van der Waals surface area contributed by atoms with E-state index in [1.807, 2.05) is 38.2 Å². The van der Waals surface area contributed by atoms with Crippen LogP contribution in [0.25, 0.3) is 11.1 Å². The third-order valence-corrected chi connectivity index (χ3v) is 10.3. The van der Waals surface area contributed by atoms with Gasteiger partial charge in [0, 0.05) is 49.6 Å². The molecule has 0 amide bonds. The Labute approximate surface area is 292 Å². The van der Waals surface area contributed by atoms with Gasteiger partial charge in [-0.3, -0.25) is 9.58 Å². The summed E-state index contributed by atoms with van der Waals surface area (Å²) in [6.07, 6.45) is 16.5. The van der Waals surface area contributed by atoms with E-state index < -0.39 is 0 Å². The number of anilines is 2. The first kappa shape index (κ1) is 33.7. The minimum atomic E-state index is -0.165. The van der Waals surface area contributed by atoms with Gasteiger partial charge in [-0.2, -0.15) is 5.10 Å². The number of morpholine rings is 1. The van der Waals surface area contributed by atoms with Gasteiger partial charge >= 0.3 is 0 Å². The largest absolute Gasteiger partial charge is 0.487 e. The molecule has 2 aliphatic heterocycles. The van der Waals surface area contributed by atoms with Crippen LogP contribution in [-0.4, -0.2) is 96.7 Å². The Balaban J connectivity index is 1.02. The Hall–Kier alpha value is -3.78. The van der Waals surface area contributed by atoms with E-state index in [0.29, 0.717) is 59.9 Å². The van der Waals surface area contributed by atoms with Crippen LogP contribution in [0, 0.1) is 0 Å². The van der Waals surface area contributed by atoms with Gasteiger partial charge < -0.3 is 24.3 Å². The standard InChI is InChI=1S/C35H46ClN9O4/c1-23(46-3)12-13-48-34-32(18-44(42-34)27-5-7-28(8-6-27)45-29-9-10-30(45)20-47-19-29)41-35-38-15-26(16-39-35)25-4-11-31(36)33(14-25)49-24(2)17-43-22-37-21-40-43/h4,11,14-16,18,21-24,27-30H,5-10,12-13,17,19-20H2,1-3H3,(H,38,39,41)/t23?,24-,27?,28?,29-,30+/m0/s1. The van der Waals surface area contributed by atoms with Gasteiger partial charge in [-0.1, -0.05) is 17.7 Å². The van der Waals surface area contributed by atoms with E-state index >= 15 is 0 Å². The smallest absolute Gasteiger partial charge is 0.256 e. The number of aromatic nitrogens is 7. The molecule has 1 saturated carbocycles. The highest BCUT2D eigenvalue weighted by Crippen LogP contribution is 2.39. The molecular formula is C35H46ClN9O4. The molecule has 1 aliphatic carbocycles. The second kappa shape index (κ2) is 15.4. The number of ether oxygens (including phenoxy) is 4. The number of hydrogen-bond donors (Lipinski definition) is 1. The lowest BCUT2D eigenvalue weighted by molar-refractivity contribution is -0.0458. The van der Waals surface area contributed by atoms with Crippen molar-refractivity contribution in [2.75, 3.05) is 32.2 Å². The summed E-state index contributed by atoms with van der Waals surface area (Å²) in [4.78, 5) is 16.0. The highest BCUT2D eigenvalue weighted by Gasteiger charge is 2.42. The zero-order valence-electron chi connectivity index (χ0n) is 28.4. The summed E-state index contributed by atoms with van der Waals surface area (Å²) in [5, 5.41) is 13.0. The first-order valence-electron chi connectivity index (χ1n) is 17.4. The van der Waals surface area contributed by atoms with Crippen molar-refractivity contribution in [2.24, 2.45) is 0 Å². The van der Waals surface area contributed by atoms with Gasteiger partial charge in [0.2, 0.25) is 5.95 Å². The van der Waals surface area contributed by atoms with Gasteiger partial charge in [0.25, 0.3) is 5.88 Å². The van der Waals surface area contributed by atoms with Gasteiger partial charge in [0.05, 0.1) is 49.7 Å². The van der Waals surface area contributed by atoms with Crippen molar-refractivity contribution in [2.45, 2.75) is 102 Å². The van der Waals surface area contributed by atoms with E-state index in [-0.39, 0.29) is 12.2 Å². The second-order valence-electron chi connectivity index (χ2n) is 13.5. The molecule has 13 nitrogen and oxygen atoms in total. The Kier molecular flexibility index (Phi) is 10.6. The Bertz CT molecular complexity index is 1630. The molecule has 14 heteroatoms. The highest BCUT2D eigenvalue weighted by molar-refractivity contribution is 6.32. The van der Waals surface area contributed by atoms with Crippen LogP contribution in [0.4, 0.5) is 11.6 Å². The molecule has 7 rings (SSSR count). The van der Waals surface area contributed by atoms with Crippen LogP contribution in [-0.2, 0) is 16.0 Å². The molecule has 0 radical (unpaired) electrons. The van der Waals surface area contributed by atoms with Crippen molar-refractivity contribution in [3.8, 4) is 22.8 Å². The fourth-order valence-electron chi connectivity index (χ4n) is 7.35. The molecule has 1 aromatic carbocycles. The van der Waals surface area contributed by atoms with Gasteiger partial charge in [-0.25, -0.2) is 19.6 Å². The normalized spacial score (nSPS) is 23.7. The number of hydrogen-bond acceptors (Lipinski definition) is 11. The molecule has 4 atom stereocenters. The quantitative estimate of drug-likeness (QED) is 0.169. The molecule has 1 unspecified atom stereocenters. The maximum Gasteiger partial charge on any atom is 0.256 e. The number of halogens is 1. The molecule has 2 saturated heterocycles. The van der Waals surface area contributed by atoms with Crippen LogP contribution in [0.5, 0.6) is 11.6 Å². The van der Waals surface area contributed by atoms with Crippen molar-refractivity contribution >= 4 is 23.2 Å². The average molecular weight is 692 g/mol. The molecule has 49 heavy (non-hydrogen) atoms. The summed E-state index contributed by atoms with van der Waals surface area (Å²) < 4.78 is 27.4. The maximum absolute atomic E-state index is 6.48. The molecule has 5 heterocycles. The van der Waals surface area contributed by atoms with E-state index in [1.165, 1.54) is 32.0 Å². The molecule has 3 aliphatic rings. The highest BCUT2D eigenvalue weighted by atomic mass is 35.5. The molecule has 262 valence electrons. The number of fused-ring (bicyclic) bond motifs is 2.